The summed E-state index contributed by atoms with van der Waals surface area (Å²) in [5, 5.41) is 0. The SMILES string of the molecule is COC(=O)C(C)c1ccc(C=C(C)C)o1. The van der Waals surface area contributed by atoms with Gasteiger partial charge in [0.1, 0.15) is 17.4 Å². The maximum absolute atomic E-state index is 11.2. The number of furan rings is 1. The fourth-order valence-corrected chi connectivity index (χ4v) is 1.26. The second-order valence-corrected chi connectivity index (χ2v) is 3.71. The maximum atomic E-state index is 11.2. The van der Waals surface area contributed by atoms with Crippen LogP contribution in [0.25, 0.3) is 6.08 Å². The molecule has 3 heteroatoms. The number of rotatable bonds is 3. The Morgan fingerprint density at radius 2 is 2.13 bits per heavy atom. The first-order valence-electron chi connectivity index (χ1n) is 4.87. The average molecular weight is 208 g/mol. The van der Waals surface area contributed by atoms with E-state index in [0.717, 1.165) is 11.3 Å². The van der Waals surface area contributed by atoms with Gasteiger partial charge in [0.15, 0.2) is 0 Å². The van der Waals surface area contributed by atoms with Crippen LogP contribution in [0.4, 0.5) is 0 Å². The van der Waals surface area contributed by atoms with Crippen LogP contribution in [0.15, 0.2) is 22.1 Å². The highest BCUT2D eigenvalue weighted by atomic mass is 16.5. The van der Waals surface area contributed by atoms with E-state index >= 15 is 0 Å². The molecule has 82 valence electrons. The molecule has 0 amide bonds. The number of allylic oxidation sites excluding steroid dienone is 1. The number of hydrogen-bond acceptors (Lipinski definition) is 3. The van der Waals surface area contributed by atoms with Gasteiger partial charge < -0.3 is 9.15 Å². The standard InChI is InChI=1S/C12H16O3/c1-8(2)7-10-5-6-11(15-10)9(3)12(13)14-4/h5-7,9H,1-4H3. The van der Waals surface area contributed by atoms with Crippen LogP contribution in [0.5, 0.6) is 0 Å². The van der Waals surface area contributed by atoms with E-state index in [-0.39, 0.29) is 11.9 Å². The number of carbonyl (C=O) groups excluding carboxylic acids is 1. The Labute approximate surface area is 89.7 Å². The third-order valence-corrected chi connectivity index (χ3v) is 2.06. The van der Waals surface area contributed by atoms with E-state index in [9.17, 15) is 4.79 Å². The lowest BCUT2D eigenvalue weighted by molar-refractivity contribution is -0.142. The minimum atomic E-state index is -0.352. The van der Waals surface area contributed by atoms with Crippen LogP contribution in [0.3, 0.4) is 0 Å². The number of methoxy groups -OCH3 is 1. The van der Waals surface area contributed by atoms with Gasteiger partial charge >= 0.3 is 5.97 Å². The number of hydrogen-bond donors (Lipinski definition) is 0. The summed E-state index contributed by atoms with van der Waals surface area (Å²) in [6, 6.07) is 3.65. The largest absolute Gasteiger partial charge is 0.468 e. The summed E-state index contributed by atoms with van der Waals surface area (Å²) in [4.78, 5) is 11.2. The highest BCUT2D eigenvalue weighted by molar-refractivity contribution is 5.76. The first-order valence-corrected chi connectivity index (χ1v) is 4.87. The Hall–Kier alpha value is -1.51. The van der Waals surface area contributed by atoms with Crippen LogP contribution in [-0.4, -0.2) is 13.1 Å². The van der Waals surface area contributed by atoms with Crippen molar-refractivity contribution in [3.05, 3.63) is 29.2 Å². The molecule has 1 heterocycles. The third kappa shape index (κ3) is 2.98. The predicted molar refractivity (Wildman–Crippen MR) is 58.5 cm³/mol. The molecular weight excluding hydrogens is 192 g/mol. The van der Waals surface area contributed by atoms with Gasteiger partial charge in [-0.15, -0.1) is 0 Å². The van der Waals surface area contributed by atoms with Gasteiger partial charge in [-0.1, -0.05) is 5.57 Å². The van der Waals surface area contributed by atoms with Crippen LogP contribution >= 0.6 is 0 Å². The lowest BCUT2D eigenvalue weighted by Gasteiger charge is -2.04. The minimum absolute atomic E-state index is 0.284. The summed E-state index contributed by atoms with van der Waals surface area (Å²) < 4.78 is 10.1. The summed E-state index contributed by atoms with van der Waals surface area (Å²) in [5.41, 5.74) is 1.15. The van der Waals surface area contributed by atoms with Gasteiger partial charge in [-0.05, 0) is 39.0 Å². The maximum Gasteiger partial charge on any atom is 0.316 e. The van der Waals surface area contributed by atoms with Crippen LogP contribution in [0.2, 0.25) is 0 Å². The lowest BCUT2D eigenvalue weighted by Crippen LogP contribution is -2.09. The zero-order valence-corrected chi connectivity index (χ0v) is 9.53. The van der Waals surface area contributed by atoms with Crippen molar-refractivity contribution in [3.63, 3.8) is 0 Å². The van der Waals surface area contributed by atoms with E-state index < -0.39 is 0 Å². The van der Waals surface area contributed by atoms with Crippen LogP contribution < -0.4 is 0 Å². The molecule has 0 aliphatic rings. The highest BCUT2D eigenvalue weighted by Crippen LogP contribution is 2.20. The fraction of sp³-hybridized carbons (Fsp3) is 0.417. The van der Waals surface area contributed by atoms with Gasteiger partial charge in [-0.2, -0.15) is 0 Å². The van der Waals surface area contributed by atoms with E-state index in [1.54, 1.807) is 13.0 Å². The monoisotopic (exact) mass is 208 g/mol. The molecule has 15 heavy (non-hydrogen) atoms. The molecule has 3 nitrogen and oxygen atoms in total. The molecule has 0 saturated carbocycles. The second-order valence-electron chi connectivity index (χ2n) is 3.71. The molecule has 0 fully saturated rings. The third-order valence-electron chi connectivity index (χ3n) is 2.06. The smallest absolute Gasteiger partial charge is 0.316 e. The Balaban J connectivity index is 2.84. The van der Waals surface area contributed by atoms with Gasteiger partial charge in [-0.3, -0.25) is 4.79 Å². The quantitative estimate of drug-likeness (QED) is 0.717. The van der Waals surface area contributed by atoms with Gasteiger partial charge in [0.05, 0.1) is 7.11 Å². The van der Waals surface area contributed by atoms with Crippen LogP contribution in [-0.2, 0) is 9.53 Å². The van der Waals surface area contributed by atoms with Gasteiger partial charge in [-0.25, -0.2) is 0 Å². The van der Waals surface area contributed by atoms with E-state index in [1.807, 2.05) is 26.0 Å². The molecule has 0 aliphatic heterocycles. The van der Waals surface area contributed by atoms with Crippen molar-refractivity contribution in [2.75, 3.05) is 7.11 Å². The van der Waals surface area contributed by atoms with Crippen molar-refractivity contribution in [1.29, 1.82) is 0 Å². The highest BCUT2D eigenvalue weighted by Gasteiger charge is 2.18. The summed E-state index contributed by atoms with van der Waals surface area (Å²) in [7, 11) is 1.37. The Morgan fingerprint density at radius 1 is 1.47 bits per heavy atom. The lowest BCUT2D eigenvalue weighted by atomic mass is 10.1. The second kappa shape index (κ2) is 4.82. The normalized spacial score (nSPS) is 12.0. The van der Waals surface area contributed by atoms with Crippen molar-refractivity contribution in [1.82, 2.24) is 0 Å². The van der Waals surface area contributed by atoms with Crippen molar-refractivity contribution in [3.8, 4) is 0 Å². The Kier molecular flexibility index (Phi) is 3.72. The molecule has 0 radical (unpaired) electrons. The molecular formula is C12H16O3. The number of ether oxygens (including phenoxy) is 1. The molecule has 0 saturated heterocycles. The first kappa shape index (κ1) is 11.6. The van der Waals surface area contributed by atoms with E-state index in [1.165, 1.54) is 7.11 Å². The topological polar surface area (TPSA) is 39.4 Å². The van der Waals surface area contributed by atoms with Crippen molar-refractivity contribution in [2.45, 2.75) is 26.7 Å². The van der Waals surface area contributed by atoms with Gasteiger partial charge in [0, 0.05) is 0 Å². The zero-order valence-electron chi connectivity index (χ0n) is 9.53. The van der Waals surface area contributed by atoms with Gasteiger partial charge in [0.2, 0.25) is 0 Å². The number of esters is 1. The van der Waals surface area contributed by atoms with E-state index in [2.05, 4.69) is 4.74 Å². The van der Waals surface area contributed by atoms with E-state index in [4.69, 9.17) is 4.42 Å². The zero-order chi connectivity index (χ0) is 11.4. The molecule has 0 spiro atoms. The minimum Gasteiger partial charge on any atom is -0.468 e. The Bertz CT molecular complexity index is 370. The average Bonchev–Trinajstić information content (AvgIpc) is 2.63. The fourth-order valence-electron chi connectivity index (χ4n) is 1.26. The molecule has 0 aromatic carbocycles. The van der Waals surface area contributed by atoms with Gasteiger partial charge in [0.25, 0.3) is 0 Å². The van der Waals surface area contributed by atoms with Crippen LogP contribution in [0, 0.1) is 0 Å². The summed E-state index contributed by atoms with van der Waals surface area (Å²) in [6.45, 7) is 5.74. The summed E-state index contributed by atoms with van der Waals surface area (Å²) in [6.07, 6.45) is 1.92. The van der Waals surface area contributed by atoms with Crippen molar-refractivity contribution < 1.29 is 13.9 Å². The molecule has 1 aromatic heterocycles. The summed E-state index contributed by atoms with van der Waals surface area (Å²) in [5.74, 6) is 0.762. The van der Waals surface area contributed by atoms with E-state index in [0.29, 0.717) is 5.76 Å². The molecule has 1 atom stereocenters. The molecule has 0 bridgehead atoms. The van der Waals surface area contributed by atoms with Crippen molar-refractivity contribution in [2.24, 2.45) is 0 Å². The molecule has 1 aromatic rings. The molecule has 0 N–H and O–H groups in total. The molecule has 0 aliphatic carbocycles. The van der Waals surface area contributed by atoms with Crippen LogP contribution in [0.1, 0.15) is 38.2 Å². The van der Waals surface area contributed by atoms with Crippen molar-refractivity contribution >= 4 is 12.0 Å². The molecule has 1 rings (SSSR count). The predicted octanol–water partition coefficient (Wildman–Crippen LogP) is 2.98. The summed E-state index contributed by atoms with van der Waals surface area (Å²) >= 11 is 0. The number of carbonyl (C=O) groups is 1. The molecule has 1 unspecified atom stereocenters. The Morgan fingerprint density at radius 3 is 2.67 bits per heavy atom. The first-order chi connectivity index (χ1) is 7.04.